The highest BCUT2D eigenvalue weighted by molar-refractivity contribution is 7.91. The molecule has 0 radical (unpaired) electrons. The van der Waals surface area contributed by atoms with Gasteiger partial charge in [-0.15, -0.1) is 0 Å². The number of amides is 1. The second-order valence-electron chi connectivity index (χ2n) is 5.75. The number of para-hydroxylation sites is 2. The van der Waals surface area contributed by atoms with Crippen LogP contribution in [-0.2, 0) is 14.6 Å². The van der Waals surface area contributed by atoms with Gasteiger partial charge in [-0.1, -0.05) is 37.3 Å². The minimum Gasteiger partial charge on any atom is -0.495 e. The Balaban J connectivity index is 1.93. The molecule has 0 aliphatic rings. The molecule has 2 aromatic rings. The van der Waals surface area contributed by atoms with Crippen LogP contribution in [0.2, 0.25) is 0 Å². The van der Waals surface area contributed by atoms with Crippen LogP contribution >= 0.6 is 0 Å². The Kier molecular flexibility index (Phi) is 7.17. The zero-order valence-corrected chi connectivity index (χ0v) is 15.8. The summed E-state index contributed by atoms with van der Waals surface area (Å²) in [7, 11) is -1.82. The third-order valence-corrected chi connectivity index (χ3v) is 5.68. The molecule has 0 bridgehead atoms. The van der Waals surface area contributed by atoms with Gasteiger partial charge in [0.15, 0.2) is 9.84 Å². The lowest BCUT2D eigenvalue weighted by Crippen LogP contribution is -2.36. The molecule has 26 heavy (non-hydrogen) atoms. The smallest absolute Gasteiger partial charge is 0.238 e. The number of carbonyl (C=O) groups is 1. The van der Waals surface area contributed by atoms with Gasteiger partial charge in [0, 0.05) is 6.54 Å². The van der Waals surface area contributed by atoms with Crippen molar-refractivity contribution < 1.29 is 17.9 Å². The molecule has 0 aliphatic heterocycles. The fourth-order valence-electron chi connectivity index (χ4n) is 2.48. The van der Waals surface area contributed by atoms with Crippen molar-refractivity contribution in [2.45, 2.75) is 11.8 Å². The van der Waals surface area contributed by atoms with Crippen LogP contribution < -0.4 is 10.1 Å². The number of sulfone groups is 1. The lowest BCUT2D eigenvalue weighted by molar-refractivity contribution is -0.117. The summed E-state index contributed by atoms with van der Waals surface area (Å²) in [5.74, 6) is 0.330. The zero-order chi connectivity index (χ0) is 19.0. The summed E-state index contributed by atoms with van der Waals surface area (Å²) >= 11 is 0. The number of nitrogens with one attached hydrogen (secondary N) is 1. The number of methoxy groups -OCH3 is 1. The molecule has 1 amide bonds. The Morgan fingerprint density at radius 1 is 1.08 bits per heavy atom. The monoisotopic (exact) mass is 376 g/mol. The van der Waals surface area contributed by atoms with Crippen LogP contribution in [0.1, 0.15) is 6.92 Å². The van der Waals surface area contributed by atoms with Crippen molar-refractivity contribution in [1.29, 1.82) is 0 Å². The van der Waals surface area contributed by atoms with Gasteiger partial charge >= 0.3 is 0 Å². The van der Waals surface area contributed by atoms with Gasteiger partial charge in [0.1, 0.15) is 5.75 Å². The van der Waals surface area contributed by atoms with Gasteiger partial charge in [-0.05, 0) is 30.8 Å². The highest BCUT2D eigenvalue weighted by Crippen LogP contribution is 2.22. The third kappa shape index (κ3) is 5.57. The predicted molar refractivity (Wildman–Crippen MR) is 102 cm³/mol. The number of anilines is 1. The molecule has 0 saturated heterocycles. The SMILES string of the molecule is CCN(CCS(=O)(=O)c1ccccc1)CC(=O)Nc1ccccc1OC. The van der Waals surface area contributed by atoms with E-state index in [4.69, 9.17) is 4.74 Å². The molecule has 0 aliphatic carbocycles. The molecule has 2 rings (SSSR count). The lowest BCUT2D eigenvalue weighted by atomic mass is 10.3. The largest absolute Gasteiger partial charge is 0.495 e. The van der Waals surface area contributed by atoms with E-state index in [0.717, 1.165) is 0 Å². The molecule has 0 spiro atoms. The van der Waals surface area contributed by atoms with E-state index >= 15 is 0 Å². The third-order valence-electron chi connectivity index (χ3n) is 3.97. The van der Waals surface area contributed by atoms with Gasteiger partial charge in [-0.2, -0.15) is 0 Å². The summed E-state index contributed by atoms with van der Waals surface area (Å²) in [5.41, 5.74) is 0.591. The van der Waals surface area contributed by atoms with E-state index in [-0.39, 0.29) is 24.7 Å². The van der Waals surface area contributed by atoms with Crippen LogP contribution in [0.25, 0.3) is 0 Å². The molecule has 0 unspecified atom stereocenters. The Morgan fingerprint density at radius 3 is 2.38 bits per heavy atom. The van der Waals surface area contributed by atoms with Crippen LogP contribution in [0.5, 0.6) is 5.75 Å². The molecule has 0 fully saturated rings. The first-order chi connectivity index (χ1) is 12.5. The van der Waals surface area contributed by atoms with Crippen LogP contribution in [0.4, 0.5) is 5.69 Å². The van der Waals surface area contributed by atoms with E-state index < -0.39 is 9.84 Å². The van der Waals surface area contributed by atoms with Crippen LogP contribution in [0.15, 0.2) is 59.5 Å². The first-order valence-electron chi connectivity index (χ1n) is 8.39. The molecule has 1 N–H and O–H groups in total. The van der Waals surface area contributed by atoms with Gasteiger partial charge in [-0.25, -0.2) is 8.42 Å². The highest BCUT2D eigenvalue weighted by Gasteiger charge is 2.17. The maximum atomic E-state index is 12.4. The number of rotatable bonds is 9. The van der Waals surface area contributed by atoms with Gasteiger partial charge in [0.05, 0.1) is 30.0 Å². The average Bonchev–Trinajstić information content (AvgIpc) is 2.66. The number of ether oxygens (including phenoxy) is 1. The molecule has 2 aromatic carbocycles. The van der Waals surface area contributed by atoms with Gasteiger partial charge < -0.3 is 10.1 Å². The maximum Gasteiger partial charge on any atom is 0.238 e. The molecule has 7 heteroatoms. The predicted octanol–water partition coefficient (Wildman–Crippen LogP) is 2.43. The van der Waals surface area contributed by atoms with Crippen molar-refractivity contribution in [3.05, 3.63) is 54.6 Å². The van der Waals surface area contributed by atoms with Gasteiger partial charge in [-0.3, -0.25) is 9.69 Å². The van der Waals surface area contributed by atoms with E-state index in [9.17, 15) is 13.2 Å². The highest BCUT2D eigenvalue weighted by atomic mass is 32.2. The number of likely N-dealkylation sites (N-methyl/N-ethyl adjacent to an activating group) is 1. The van der Waals surface area contributed by atoms with Crippen molar-refractivity contribution in [3.63, 3.8) is 0 Å². The van der Waals surface area contributed by atoms with E-state index in [2.05, 4.69) is 5.32 Å². The molecular weight excluding hydrogens is 352 g/mol. The Labute approximate surface area is 154 Å². The summed E-state index contributed by atoms with van der Waals surface area (Å²) in [6, 6.07) is 15.5. The topological polar surface area (TPSA) is 75.7 Å². The number of hydrogen-bond donors (Lipinski definition) is 1. The van der Waals surface area contributed by atoms with Crippen LogP contribution in [-0.4, -0.2) is 51.7 Å². The van der Waals surface area contributed by atoms with E-state index in [0.29, 0.717) is 22.9 Å². The molecular formula is C19H24N2O4S. The molecule has 0 aromatic heterocycles. The molecule has 0 atom stereocenters. The molecule has 6 nitrogen and oxygen atoms in total. The first kappa shape index (κ1) is 19.9. The second kappa shape index (κ2) is 9.35. The average molecular weight is 376 g/mol. The first-order valence-corrected chi connectivity index (χ1v) is 10.0. The Morgan fingerprint density at radius 2 is 1.73 bits per heavy atom. The molecule has 0 saturated carbocycles. The van der Waals surface area contributed by atoms with Crippen molar-refractivity contribution in [2.24, 2.45) is 0 Å². The number of benzene rings is 2. The molecule has 0 heterocycles. The van der Waals surface area contributed by atoms with Crippen molar-refractivity contribution in [2.75, 3.05) is 37.8 Å². The van der Waals surface area contributed by atoms with Crippen LogP contribution in [0.3, 0.4) is 0 Å². The fourth-order valence-corrected chi connectivity index (χ4v) is 3.79. The van der Waals surface area contributed by atoms with Crippen LogP contribution in [0, 0.1) is 0 Å². The quantitative estimate of drug-likeness (QED) is 0.727. The lowest BCUT2D eigenvalue weighted by Gasteiger charge is -2.20. The van der Waals surface area contributed by atoms with E-state index in [1.165, 1.54) is 7.11 Å². The number of hydrogen-bond acceptors (Lipinski definition) is 5. The van der Waals surface area contributed by atoms with Gasteiger partial charge in [0.2, 0.25) is 5.91 Å². The normalized spacial score (nSPS) is 11.3. The Bertz CT molecular complexity index is 822. The zero-order valence-electron chi connectivity index (χ0n) is 15.0. The minimum atomic E-state index is -3.36. The van der Waals surface area contributed by atoms with Gasteiger partial charge in [0.25, 0.3) is 0 Å². The summed E-state index contributed by atoms with van der Waals surface area (Å²) in [6.45, 7) is 2.86. The summed E-state index contributed by atoms with van der Waals surface area (Å²) in [4.78, 5) is 14.4. The van der Waals surface area contributed by atoms with E-state index in [1.54, 1.807) is 47.4 Å². The fraction of sp³-hybridized carbons (Fsp3) is 0.316. The minimum absolute atomic E-state index is 0.0349. The van der Waals surface area contributed by atoms with Crippen molar-refractivity contribution >= 4 is 21.4 Å². The summed E-state index contributed by atoms with van der Waals surface area (Å²) < 4.78 is 29.9. The summed E-state index contributed by atoms with van der Waals surface area (Å²) in [5, 5.41) is 2.80. The standard InChI is InChI=1S/C19H24N2O4S/c1-3-21(13-14-26(23,24)16-9-5-4-6-10-16)15-19(22)20-17-11-7-8-12-18(17)25-2/h4-12H,3,13-15H2,1-2H3,(H,20,22). The maximum absolute atomic E-state index is 12.4. The van der Waals surface area contributed by atoms with Crippen molar-refractivity contribution in [1.82, 2.24) is 4.90 Å². The summed E-state index contributed by atoms with van der Waals surface area (Å²) in [6.07, 6.45) is 0. The number of nitrogens with zero attached hydrogens (tertiary/aromatic N) is 1. The van der Waals surface area contributed by atoms with E-state index in [1.807, 2.05) is 19.1 Å². The Hall–Kier alpha value is -2.38. The van der Waals surface area contributed by atoms with Crippen molar-refractivity contribution in [3.8, 4) is 5.75 Å². The molecule has 140 valence electrons. The number of carbonyl (C=O) groups excluding carboxylic acids is 1. The second-order valence-corrected chi connectivity index (χ2v) is 7.86.